The zero-order chi connectivity index (χ0) is 23.4. The lowest BCUT2D eigenvalue weighted by Crippen LogP contribution is -2.10. The van der Waals surface area contributed by atoms with Crippen molar-refractivity contribution in [2.75, 3.05) is 0 Å². The molecule has 35 heavy (non-hydrogen) atoms. The van der Waals surface area contributed by atoms with Crippen LogP contribution in [-0.4, -0.2) is 39.4 Å². The number of aromatic nitrogens is 8. The van der Waals surface area contributed by atoms with E-state index in [2.05, 4.69) is 30.3 Å². The fourth-order valence-electron chi connectivity index (χ4n) is 4.35. The van der Waals surface area contributed by atoms with Crippen LogP contribution in [0.15, 0.2) is 53.6 Å². The number of rotatable bonds is 6. The molecule has 5 heterocycles. The summed E-state index contributed by atoms with van der Waals surface area (Å²) in [5.41, 5.74) is 4.33. The standard InChI is InChI=1S/C24H19ClN8O2/c25-16-5-6-18-17(8-16)23-30-29-20(12-34-11-14-2-1-7-26-9-14)32(23)10-19-21(27-13-33(18)19)22-28-24(35-31-22)15-3-4-15/h1-2,5-9,13,15H,3-4,10-12H2. The summed E-state index contributed by atoms with van der Waals surface area (Å²) in [7, 11) is 0. The number of pyridine rings is 1. The summed E-state index contributed by atoms with van der Waals surface area (Å²) in [6.07, 6.45) is 7.48. The monoisotopic (exact) mass is 486 g/mol. The molecular weight excluding hydrogens is 468 g/mol. The van der Waals surface area contributed by atoms with E-state index in [0.717, 1.165) is 35.3 Å². The van der Waals surface area contributed by atoms with Crippen molar-refractivity contribution in [3.05, 3.63) is 77.0 Å². The van der Waals surface area contributed by atoms with Gasteiger partial charge in [0.1, 0.15) is 18.6 Å². The molecule has 11 heteroatoms. The van der Waals surface area contributed by atoms with Crippen LogP contribution in [0.1, 0.15) is 41.7 Å². The number of halogens is 1. The van der Waals surface area contributed by atoms with Crippen LogP contribution in [-0.2, 0) is 24.5 Å². The maximum atomic E-state index is 6.38. The highest BCUT2D eigenvalue weighted by Gasteiger charge is 2.32. The predicted octanol–water partition coefficient (Wildman–Crippen LogP) is 4.19. The summed E-state index contributed by atoms with van der Waals surface area (Å²) in [6.45, 7) is 1.17. The quantitative estimate of drug-likeness (QED) is 0.345. The number of imidazole rings is 1. The topological polar surface area (TPSA) is 110 Å². The summed E-state index contributed by atoms with van der Waals surface area (Å²) in [4.78, 5) is 13.4. The Kier molecular flexibility index (Phi) is 4.74. The molecule has 0 N–H and O–H groups in total. The molecule has 174 valence electrons. The van der Waals surface area contributed by atoms with Crippen molar-refractivity contribution in [3.8, 4) is 28.6 Å². The Morgan fingerprint density at radius 1 is 1.14 bits per heavy atom. The minimum Gasteiger partial charge on any atom is -0.369 e. The van der Waals surface area contributed by atoms with Crippen LogP contribution in [0.5, 0.6) is 0 Å². The van der Waals surface area contributed by atoms with E-state index in [1.54, 1.807) is 18.7 Å². The summed E-state index contributed by atoms with van der Waals surface area (Å²) < 4.78 is 15.5. The Hall–Kier alpha value is -3.89. The molecule has 1 saturated carbocycles. The van der Waals surface area contributed by atoms with Crippen LogP contribution in [0, 0.1) is 0 Å². The fourth-order valence-corrected chi connectivity index (χ4v) is 4.52. The van der Waals surface area contributed by atoms with Crippen LogP contribution in [0.25, 0.3) is 28.6 Å². The van der Waals surface area contributed by atoms with E-state index >= 15 is 0 Å². The highest BCUT2D eigenvalue weighted by atomic mass is 35.5. The summed E-state index contributed by atoms with van der Waals surface area (Å²) >= 11 is 6.38. The first-order valence-corrected chi connectivity index (χ1v) is 11.7. The largest absolute Gasteiger partial charge is 0.369 e. The number of hydrogen-bond acceptors (Lipinski definition) is 8. The van der Waals surface area contributed by atoms with Gasteiger partial charge in [0.15, 0.2) is 11.6 Å². The van der Waals surface area contributed by atoms with E-state index in [1.165, 1.54) is 0 Å². The average Bonchev–Trinajstić information content (AvgIpc) is 3.31. The molecule has 0 saturated heterocycles. The van der Waals surface area contributed by atoms with Crippen LogP contribution >= 0.6 is 11.6 Å². The molecule has 0 bridgehead atoms. The Labute approximate surface area is 204 Å². The maximum absolute atomic E-state index is 6.38. The van der Waals surface area contributed by atoms with Gasteiger partial charge in [-0.3, -0.25) is 9.55 Å². The van der Waals surface area contributed by atoms with Gasteiger partial charge >= 0.3 is 0 Å². The Morgan fingerprint density at radius 2 is 2.09 bits per heavy atom. The third kappa shape index (κ3) is 3.62. The molecule has 4 aromatic heterocycles. The molecule has 1 aromatic carbocycles. The molecule has 2 aliphatic rings. The minimum atomic E-state index is 0.287. The molecule has 10 nitrogen and oxygen atoms in total. The second kappa shape index (κ2) is 8.10. The average molecular weight is 487 g/mol. The van der Waals surface area contributed by atoms with Gasteiger partial charge in [-0.15, -0.1) is 10.2 Å². The van der Waals surface area contributed by atoms with Gasteiger partial charge in [-0.1, -0.05) is 22.8 Å². The first kappa shape index (κ1) is 20.5. The number of benzene rings is 1. The van der Waals surface area contributed by atoms with Gasteiger partial charge in [0.2, 0.25) is 11.7 Å². The van der Waals surface area contributed by atoms with Crippen molar-refractivity contribution in [2.24, 2.45) is 0 Å². The van der Waals surface area contributed by atoms with Crippen LogP contribution in [0.2, 0.25) is 5.02 Å². The molecule has 5 aromatic rings. The highest BCUT2D eigenvalue weighted by molar-refractivity contribution is 6.31. The third-order valence-electron chi connectivity index (χ3n) is 6.26. The summed E-state index contributed by atoms with van der Waals surface area (Å²) in [6, 6.07) is 9.57. The van der Waals surface area contributed by atoms with E-state index in [0.29, 0.717) is 53.2 Å². The van der Waals surface area contributed by atoms with Gasteiger partial charge in [-0.05, 0) is 42.7 Å². The molecule has 0 spiro atoms. The molecule has 1 fully saturated rings. The Morgan fingerprint density at radius 3 is 2.94 bits per heavy atom. The van der Waals surface area contributed by atoms with E-state index in [-0.39, 0.29) is 6.61 Å². The highest BCUT2D eigenvalue weighted by Crippen LogP contribution is 2.40. The summed E-state index contributed by atoms with van der Waals surface area (Å²) in [5.74, 6) is 2.94. The van der Waals surface area contributed by atoms with Gasteiger partial charge in [0.25, 0.3) is 0 Å². The van der Waals surface area contributed by atoms with E-state index in [1.807, 2.05) is 39.5 Å². The van der Waals surface area contributed by atoms with Crippen LogP contribution in [0.4, 0.5) is 0 Å². The van der Waals surface area contributed by atoms with Gasteiger partial charge in [-0.2, -0.15) is 4.98 Å². The molecule has 0 amide bonds. The number of hydrogen-bond donors (Lipinski definition) is 0. The molecule has 0 atom stereocenters. The predicted molar refractivity (Wildman–Crippen MR) is 125 cm³/mol. The first-order chi connectivity index (χ1) is 17.2. The van der Waals surface area contributed by atoms with Crippen molar-refractivity contribution in [1.82, 2.24) is 39.4 Å². The van der Waals surface area contributed by atoms with Crippen LogP contribution in [0.3, 0.4) is 0 Å². The minimum absolute atomic E-state index is 0.287. The van der Waals surface area contributed by atoms with Gasteiger partial charge in [0.05, 0.1) is 24.5 Å². The number of fused-ring (bicyclic) bond motifs is 5. The lowest BCUT2D eigenvalue weighted by Gasteiger charge is -2.09. The number of nitrogens with zero attached hydrogens (tertiary/aromatic N) is 8. The second-order valence-electron chi connectivity index (χ2n) is 8.68. The van der Waals surface area contributed by atoms with Gasteiger partial charge in [0, 0.05) is 28.9 Å². The number of ether oxygens (including phenoxy) is 1. The van der Waals surface area contributed by atoms with E-state index in [9.17, 15) is 0 Å². The van der Waals surface area contributed by atoms with E-state index in [4.69, 9.17) is 20.9 Å². The second-order valence-corrected chi connectivity index (χ2v) is 9.12. The van der Waals surface area contributed by atoms with Gasteiger partial charge < -0.3 is 13.8 Å². The fraction of sp³-hybridized carbons (Fsp3) is 0.250. The third-order valence-corrected chi connectivity index (χ3v) is 6.50. The normalized spacial score (nSPS) is 14.3. The van der Waals surface area contributed by atoms with E-state index < -0.39 is 0 Å². The maximum Gasteiger partial charge on any atom is 0.230 e. The zero-order valence-electron chi connectivity index (χ0n) is 18.5. The summed E-state index contributed by atoms with van der Waals surface area (Å²) in [5, 5.41) is 13.8. The Balaban J connectivity index is 1.29. The smallest absolute Gasteiger partial charge is 0.230 e. The molecule has 1 aliphatic heterocycles. The van der Waals surface area contributed by atoms with Crippen molar-refractivity contribution < 1.29 is 9.26 Å². The Bertz CT molecular complexity index is 1540. The van der Waals surface area contributed by atoms with Crippen molar-refractivity contribution >= 4 is 11.6 Å². The SMILES string of the molecule is Clc1ccc2c(c1)-c1nnc(COCc3cccnc3)n1Cc1c(-c3noc(C4CC4)n3)ncn1-2. The van der Waals surface area contributed by atoms with Crippen molar-refractivity contribution in [1.29, 1.82) is 0 Å². The lowest BCUT2D eigenvalue weighted by atomic mass is 10.1. The zero-order valence-corrected chi connectivity index (χ0v) is 19.3. The molecule has 0 radical (unpaired) electrons. The van der Waals surface area contributed by atoms with Crippen molar-refractivity contribution in [3.63, 3.8) is 0 Å². The first-order valence-electron chi connectivity index (χ1n) is 11.3. The molecule has 0 unspecified atom stereocenters. The molecule has 7 rings (SSSR count). The lowest BCUT2D eigenvalue weighted by molar-refractivity contribution is 0.0992. The molecule has 1 aliphatic carbocycles. The van der Waals surface area contributed by atoms with Crippen molar-refractivity contribution in [2.45, 2.75) is 38.5 Å². The van der Waals surface area contributed by atoms with Gasteiger partial charge in [-0.25, -0.2) is 4.98 Å². The van der Waals surface area contributed by atoms with Crippen LogP contribution < -0.4 is 0 Å². The molecular formula is C24H19ClN8O2.